The van der Waals surface area contributed by atoms with Crippen LogP contribution in [0.2, 0.25) is 0 Å². The highest BCUT2D eigenvalue weighted by molar-refractivity contribution is 5.89. The predicted octanol–water partition coefficient (Wildman–Crippen LogP) is 2.81. The van der Waals surface area contributed by atoms with Crippen LogP contribution < -0.4 is 16.0 Å². The summed E-state index contributed by atoms with van der Waals surface area (Å²) in [6, 6.07) is 6.36. The number of aryl methyl sites for hydroxylation is 2. The molecule has 0 unspecified atom stereocenters. The van der Waals surface area contributed by atoms with Gasteiger partial charge in [-0.2, -0.15) is 0 Å². The van der Waals surface area contributed by atoms with E-state index in [-0.39, 0.29) is 6.03 Å². The Morgan fingerprint density at radius 3 is 2.32 bits per heavy atom. The third kappa shape index (κ3) is 6.82. The van der Waals surface area contributed by atoms with Gasteiger partial charge in [-0.3, -0.25) is 0 Å². The van der Waals surface area contributed by atoms with Gasteiger partial charge in [0.1, 0.15) is 0 Å². The summed E-state index contributed by atoms with van der Waals surface area (Å²) in [4.78, 5) is 11.7. The summed E-state index contributed by atoms with van der Waals surface area (Å²) in [5.41, 5.74) is 3.14. The van der Waals surface area contributed by atoms with Crippen LogP contribution in [0.15, 0.2) is 18.2 Å². The number of carbonyl (C=O) groups is 1. The Labute approximate surface area is 116 Å². The highest BCUT2D eigenvalue weighted by Gasteiger charge is 2.02. The van der Waals surface area contributed by atoms with Crippen molar-refractivity contribution >= 4 is 11.7 Å². The molecule has 0 spiro atoms. The van der Waals surface area contributed by atoms with Crippen molar-refractivity contribution in [2.24, 2.45) is 0 Å². The SMILES string of the molecule is Cc1cc(C)cc(NC(=O)NCCCNC(C)C)c1. The molecule has 2 amide bonds. The van der Waals surface area contributed by atoms with E-state index in [1.807, 2.05) is 26.0 Å². The van der Waals surface area contributed by atoms with Crippen LogP contribution in [0.4, 0.5) is 10.5 Å². The van der Waals surface area contributed by atoms with Crippen LogP contribution in [0, 0.1) is 13.8 Å². The topological polar surface area (TPSA) is 53.2 Å². The summed E-state index contributed by atoms with van der Waals surface area (Å²) in [5.74, 6) is 0. The smallest absolute Gasteiger partial charge is 0.319 e. The molecule has 1 rings (SSSR count). The van der Waals surface area contributed by atoms with Crippen LogP contribution in [0.1, 0.15) is 31.4 Å². The monoisotopic (exact) mass is 263 g/mol. The fourth-order valence-corrected chi connectivity index (χ4v) is 1.90. The first-order chi connectivity index (χ1) is 8.97. The molecule has 0 aromatic heterocycles. The molecule has 3 N–H and O–H groups in total. The van der Waals surface area contributed by atoms with Gasteiger partial charge in [0.2, 0.25) is 0 Å². The van der Waals surface area contributed by atoms with Crippen molar-refractivity contribution in [1.82, 2.24) is 10.6 Å². The first kappa shape index (κ1) is 15.5. The van der Waals surface area contributed by atoms with Gasteiger partial charge in [0.05, 0.1) is 0 Å². The molecule has 0 aliphatic rings. The van der Waals surface area contributed by atoms with Crippen molar-refractivity contribution in [3.63, 3.8) is 0 Å². The molecule has 106 valence electrons. The fraction of sp³-hybridized carbons (Fsp3) is 0.533. The van der Waals surface area contributed by atoms with Crippen LogP contribution in [0.5, 0.6) is 0 Å². The van der Waals surface area contributed by atoms with E-state index in [9.17, 15) is 4.79 Å². The Morgan fingerprint density at radius 2 is 1.74 bits per heavy atom. The molecule has 1 aromatic rings. The van der Waals surface area contributed by atoms with E-state index < -0.39 is 0 Å². The number of rotatable bonds is 6. The third-order valence-electron chi connectivity index (χ3n) is 2.67. The normalized spacial score (nSPS) is 10.6. The van der Waals surface area contributed by atoms with Crippen LogP contribution in [-0.2, 0) is 0 Å². The second-order valence-corrected chi connectivity index (χ2v) is 5.22. The minimum absolute atomic E-state index is 0.144. The molecule has 0 saturated heterocycles. The van der Waals surface area contributed by atoms with Gasteiger partial charge in [-0.05, 0) is 50.1 Å². The van der Waals surface area contributed by atoms with E-state index >= 15 is 0 Å². The van der Waals surface area contributed by atoms with E-state index in [0.717, 1.165) is 29.8 Å². The maximum Gasteiger partial charge on any atom is 0.319 e. The summed E-state index contributed by atoms with van der Waals surface area (Å²) >= 11 is 0. The van der Waals surface area contributed by atoms with Crippen molar-refractivity contribution in [3.05, 3.63) is 29.3 Å². The summed E-state index contributed by atoms with van der Waals surface area (Å²) in [5, 5.41) is 9.02. The van der Waals surface area contributed by atoms with Crippen molar-refractivity contribution in [1.29, 1.82) is 0 Å². The van der Waals surface area contributed by atoms with Gasteiger partial charge >= 0.3 is 6.03 Å². The number of nitrogens with one attached hydrogen (secondary N) is 3. The molecule has 4 heteroatoms. The Balaban J connectivity index is 2.27. The molecule has 0 radical (unpaired) electrons. The van der Waals surface area contributed by atoms with Crippen molar-refractivity contribution in [2.75, 3.05) is 18.4 Å². The maximum absolute atomic E-state index is 11.7. The summed E-state index contributed by atoms with van der Waals surface area (Å²) in [7, 11) is 0. The molecule has 1 aromatic carbocycles. The Hall–Kier alpha value is -1.55. The summed E-state index contributed by atoms with van der Waals surface area (Å²) in [6.45, 7) is 9.86. The third-order valence-corrected chi connectivity index (χ3v) is 2.67. The van der Waals surface area contributed by atoms with Gasteiger partial charge in [-0.1, -0.05) is 19.9 Å². The number of amides is 2. The molecular weight excluding hydrogens is 238 g/mol. The Bertz CT molecular complexity index is 396. The number of carbonyl (C=O) groups excluding carboxylic acids is 1. The lowest BCUT2D eigenvalue weighted by molar-refractivity contribution is 0.252. The molecular formula is C15H25N3O. The average Bonchev–Trinajstić information content (AvgIpc) is 2.26. The second kappa shape index (κ2) is 7.79. The first-order valence-corrected chi connectivity index (χ1v) is 6.84. The molecule has 0 aliphatic carbocycles. The van der Waals surface area contributed by atoms with Gasteiger partial charge in [-0.15, -0.1) is 0 Å². The quantitative estimate of drug-likeness (QED) is 0.691. The van der Waals surface area contributed by atoms with E-state index in [0.29, 0.717) is 12.6 Å². The minimum atomic E-state index is -0.144. The number of urea groups is 1. The first-order valence-electron chi connectivity index (χ1n) is 6.84. The maximum atomic E-state index is 11.7. The molecule has 4 nitrogen and oxygen atoms in total. The van der Waals surface area contributed by atoms with Crippen molar-refractivity contribution in [2.45, 2.75) is 40.2 Å². The second-order valence-electron chi connectivity index (χ2n) is 5.22. The number of hydrogen-bond acceptors (Lipinski definition) is 2. The van der Waals surface area contributed by atoms with Crippen LogP contribution in [-0.4, -0.2) is 25.2 Å². The zero-order valence-electron chi connectivity index (χ0n) is 12.3. The standard InChI is InChI=1S/C15H25N3O/c1-11(2)16-6-5-7-17-15(19)18-14-9-12(3)8-13(4)10-14/h8-11,16H,5-7H2,1-4H3,(H2,17,18,19). The van der Waals surface area contributed by atoms with Gasteiger partial charge in [0, 0.05) is 18.3 Å². The lowest BCUT2D eigenvalue weighted by Gasteiger charge is -2.10. The highest BCUT2D eigenvalue weighted by atomic mass is 16.2. The van der Waals surface area contributed by atoms with E-state index in [2.05, 4.69) is 35.9 Å². The van der Waals surface area contributed by atoms with E-state index in [1.54, 1.807) is 0 Å². The fourth-order valence-electron chi connectivity index (χ4n) is 1.90. The van der Waals surface area contributed by atoms with Gasteiger partial charge in [0.25, 0.3) is 0 Å². The van der Waals surface area contributed by atoms with E-state index in [1.165, 1.54) is 0 Å². The van der Waals surface area contributed by atoms with Crippen LogP contribution >= 0.6 is 0 Å². The van der Waals surface area contributed by atoms with Gasteiger partial charge in [0.15, 0.2) is 0 Å². The van der Waals surface area contributed by atoms with Gasteiger partial charge in [-0.25, -0.2) is 4.79 Å². The van der Waals surface area contributed by atoms with E-state index in [4.69, 9.17) is 0 Å². The van der Waals surface area contributed by atoms with Crippen molar-refractivity contribution < 1.29 is 4.79 Å². The Kier molecular flexibility index (Phi) is 6.36. The number of anilines is 1. The lowest BCUT2D eigenvalue weighted by atomic mass is 10.1. The zero-order valence-corrected chi connectivity index (χ0v) is 12.3. The van der Waals surface area contributed by atoms with Crippen LogP contribution in [0.25, 0.3) is 0 Å². The summed E-state index contributed by atoms with van der Waals surface area (Å²) < 4.78 is 0. The molecule has 0 aliphatic heterocycles. The Morgan fingerprint density at radius 1 is 1.11 bits per heavy atom. The molecule has 0 bridgehead atoms. The summed E-state index contributed by atoms with van der Waals surface area (Å²) in [6.07, 6.45) is 0.929. The highest BCUT2D eigenvalue weighted by Crippen LogP contribution is 2.13. The largest absolute Gasteiger partial charge is 0.338 e. The van der Waals surface area contributed by atoms with Gasteiger partial charge < -0.3 is 16.0 Å². The molecule has 0 saturated carbocycles. The number of hydrogen-bond donors (Lipinski definition) is 3. The molecule has 0 atom stereocenters. The molecule has 0 heterocycles. The predicted molar refractivity (Wildman–Crippen MR) is 80.7 cm³/mol. The number of benzene rings is 1. The lowest BCUT2D eigenvalue weighted by Crippen LogP contribution is -2.32. The molecule has 0 fully saturated rings. The molecule has 19 heavy (non-hydrogen) atoms. The minimum Gasteiger partial charge on any atom is -0.338 e. The average molecular weight is 263 g/mol. The van der Waals surface area contributed by atoms with Crippen LogP contribution in [0.3, 0.4) is 0 Å². The zero-order chi connectivity index (χ0) is 14.3. The van der Waals surface area contributed by atoms with Crippen molar-refractivity contribution in [3.8, 4) is 0 Å².